The van der Waals surface area contributed by atoms with Crippen LogP contribution in [0.5, 0.6) is 0 Å². The minimum Gasteiger partial charge on any atom is -0.379 e. The molecule has 0 aliphatic carbocycles. The van der Waals surface area contributed by atoms with Crippen LogP contribution in [0.2, 0.25) is 0 Å². The van der Waals surface area contributed by atoms with Crippen molar-refractivity contribution in [1.82, 2.24) is 10.6 Å². The quantitative estimate of drug-likeness (QED) is 0.657. The van der Waals surface area contributed by atoms with Gasteiger partial charge in [0.05, 0.1) is 19.3 Å². The lowest BCUT2D eigenvalue weighted by molar-refractivity contribution is -0.123. The third-order valence-electron chi connectivity index (χ3n) is 3.05. The molecule has 4 nitrogen and oxygen atoms in total. The monoisotopic (exact) mass is 198 g/mol. The Morgan fingerprint density at radius 1 is 1.50 bits per heavy atom. The average Bonchev–Trinajstić information content (AvgIpc) is 2.45. The molecule has 0 aromatic carbocycles. The van der Waals surface area contributed by atoms with E-state index in [0.29, 0.717) is 24.9 Å². The molecule has 0 spiro atoms. The Bertz CT molecular complexity index is 216. The topological polar surface area (TPSA) is 50.4 Å². The van der Waals surface area contributed by atoms with E-state index in [1.165, 1.54) is 0 Å². The van der Waals surface area contributed by atoms with Gasteiger partial charge in [0.15, 0.2) is 0 Å². The maximum absolute atomic E-state index is 11.6. The molecule has 0 saturated carbocycles. The van der Waals surface area contributed by atoms with Gasteiger partial charge in [-0.3, -0.25) is 4.79 Å². The third-order valence-corrected chi connectivity index (χ3v) is 3.05. The molecule has 0 aromatic heterocycles. The highest BCUT2D eigenvalue weighted by Crippen LogP contribution is 2.14. The number of carbonyl (C=O) groups excluding carboxylic acids is 1. The summed E-state index contributed by atoms with van der Waals surface area (Å²) in [4.78, 5) is 11.6. The van der Waals surface area contributed by atoms with E-state index in [1.54, 1.807) is 0 Å². The summed E-state index contributed by atoms with van der Waals surface area (Å²) in [6.07, 6.45) is 0.663. The van der Waals surface area contributed by atoms with Crippen molar-refractivity contribution in [2.75, 3.05) is 26.3 Å². The number of rotatable bonds is 3. The Kier molecular flexibility index (Phi) is 3.03. The molecular weight excluding hydrogens is 180 g/mol. The highest BCUT2D eigenvalue weighted by molar-refractivity contribution is 5.76. The maximum Gasteiger partial charge on any atom is 0.220 e. The molecule has 2 rings (SSSR count). The minimum atomic E-state index is 0.179. The van der Waals surface area contributed by atoms with Crippen molar-refractivity contribution in [1.29, 1.82) is 0 Å². The lowest BCUT2D eigenvalue weighted by Crippen LogP contribution is -2.46. The van der Waals surface area contributed by atoms with Gasteiger partial charge >= 0.3 is 0 Å². The van der Waals surface area contributed by atoms with E-state index in [2.05, 4.69) is 17.6 Å². The van der Waals surface area contributed by atoms with Crippen molar-refractivity contribution in [3.05, 3.63) is 0 Å². The van der Waals surface area contributed by atoms with Crippen LogP contribution in [0.15, 0.2) is 0 Å². The first-order valence-corrected chi connectivity index (χ1v) is 5.33. The van der Waals surface area contributed by atoms with Crippen LogP contribution in [-0.4, -0.2) is 38.3 Å². The molecule has 2 atom stereocenters. The molecule has 2 fully saturated rings. The Hall–Kier alpha value is -0.610. The van der Waals surface area contributed by atoms with Crippen LogP contribution in [0.3, 0.4) is 0 Å². The number of hydrogen-bond acceptors (Lipinski definition) is 3. The number of nitrogens with one attached hydrogen (secondary N) is 2. The lowest BCUT2D eigenvalue weighted by Gasteiger charge is -2.27. The average molecular weight is 198 g/mol. The van der Waals surface area contributed by atoms with Crippen molar-refractivity contribution in [3.8, 4) is 0 Å². The van der Waals surface area contributed by atoms with E-state index < -0.39 is 0 Å². The van der Waals surface area contributed by atoms with Crippen LogP contribution >= 0.6 is 0 Å². The van der Waals surface area contributed by atoms with Crippen molar-refractivity contribution in [2.45, 2.75) is 19.4 Å². The molecular formula is C10H18N2O2. The van der Waals surface area contributed by atoms with Gasteiger partial charge in [-0.1, -0.05) is 6.92 Å². The maximum atomic E-state index is 11.6. The Morgan fingerprint density at radius 2 is 2.29 bits per heavy atom. The highest BCUT2D eigenvalue weighted by atomic mass is 16.5. The van der Waals surface area contributed by atoms with Gasteiger partial charge in [0.1, 0.15) is 0 Å². The van der Waals surface area contributed by atoms with E-state index in [0.717, 1.165) is 19.7 Å². The molecule has 2 aliphatic heterocycles. The molecule has 0 aromatic rings. The molecule has 2 N–H and O–H groups in total. The predicted molar refractivity (Wildman–Crippen MR) is 52.9 cm³/mol. The summed E-state index contributed by atoms with van der Waals surface area (Å²) in [6.45, 7) is 5.54. The fraction of sp³-hybridized carbons (Fsp3) is 0.900. The van der Waals surface area contributed by atoms with E-state index in [1.807, 2.05) is 0 Å². The second-order valence-electron chi connectivity index (χ2n) is 4.42. The zero-order valence-electron chi connectivity index (χ0n) is 8.58. The number of ether oxygens (including phenoxy) is 1. The molecule has 14 heavy (non-hydrogen) atoms. The van der Waals surface area contributed by atoms with Crippen molar-refractivity contribution in [3.63, 3.8) is 0 Å². The normalized spacial score (nSPS) is 32.6. The Labute approximate surface area is 84.4 Å². The molecule has 4 heteroatoms. The van der Waals surface area contributed by atoms with Gasteiger partial charge in [-0.25, -0.2) is 0 Å². The molecule has 2 unspecified atom stereocenters. The Morgan fingerprint density at radius 3 is 2.79 bits per heavy atom. The van der Waals surface area contributed by atoms with E-state index in [4.69, 9.17) is 4.74 Å². The number of hydrogen-bond donors (Lipinski definition) is 2. The van der Waals surface area contributed by atoms with Crippen LogP contribution in [0.1, 0.15) is 13.3 Å². The van der Waals surface area contributed by atoms with Crippen LogP contribution in [0.4, 0.5) is 0 Å². The van der Waals surface area contributed by atoms with Crippen molar-refractivity contribution >= 4 is 5.91 Å². The van der Waals surface area contributed by atoms with Gasteiger partial charge < -0.3 is 15.4 Å². The van der Waals surface area contributed by atoms with Gasteiger partial charge in [0.2, 0.25) is 5.91 Å². The second kappa shape index (κ2) is 4.28. The molecule has 80 valence electrons. The standard InChI is InChI=1S/C10H18N2O2/c1-7-5-14-6-9(7)12-10(13)2-8-3-11-4-8/h7-9,11H,2-6H2,1H3,(H,12,13). The van der Waals surface area contributed by atoms with Gasteiger partial charge in [-0.15, -0.1) is 0 Å². The Balaban J connectivity index is 1.70. The molecule has 1 amide bonds. The lowest BCUT2D eigenvalue weighted by atomic mass is 9.98. The minimum absolute atomic E-state index is 0.179. The van der Waals surface area contributed by atoms with E-state index >= 15 is 0 Å². The largest absolute Gasteiger partial charge is 0.379 e. The van der Waals surface area contributed by atoms with Gasteiger partial charge in [0, 0.05) is 12.3 Å². The SMILES string of the molecule is CC1COCC1NC(=O)CC1CNC1. The van der Waals surface area contributed by atoms with Gasteiger partial charge in [-0.2, -0.15) is 0 Å². The predicted octanol–water partition coefficient (Wildman–Crippen LogP) is -0.253. The smallest absolute Gasteiger partial charge is 0.220 e. The van der Waals surface area contributed by atoms with E-state index in [9.17, 15) is 4.79 Å². The molecule has 2 heterocycles. The zero-order chi connectivity index (χ0) is 9.97. The highest BCUT2D eigenvalue weighted by Gasteiger charge is 2.27. The third kappa shape index (κ3) is 2.25. The number of carbonyl (C=O) groups is 1. The molecule has 2 aliphatic rings. The number of amides is 1. The van der Waals surface area contributed by atoms with Gasteiger partial charge in [-0.05, 0) is 19.0 Å². The molecule has 0 bridgehead atoms. The van der Waals surface area contributed by atoms with Crippen LogP contribution in [-0.2, 0) is 9.53 Å². The fourth-order valence-electron chi connectivity index (χ4n) is 1.87. The van der Waals surface area contributed by atoms with Crippen LogP contribution < -0.4 is 10.6 Å². The first-order chi connectivity index (χ1) is 6.75. The van der Waals surface area contributed by atoms with Crippen molar-refractivity contribution < 1.29 is 9.53 Å². The molecule has 0 radical (unpaired) electrons. The summed E-state index contributed by atoms with van der Waals surface area (Å²) in [5.74, 6) is 1.19. The summed E-state index contributed by atoms with van der Waals surface area (Å²) >= 11 is 0. The summed E-state index contributed by atoms with van der Waals surface area (Å²) in [5.41, 5.74) is 0. The second-order valence-corrected chi connectivity index (χ2v) is 4.42. The zero-order valence-corrected chi connectivity index (χ0v) is 8.58. The summed E-state index contributed by atoms with van der Waals surface area (Å²) < 4.78 is 5.29. The fourth-order valence-corrected chi connectivity index (χ4v) is 1.87. The van der Waals surface area contributed by atoms with Gasteiger partial charge in [0.25, 0.3) is 0 Å². The summed E-state index contributed by atoms with van der Waals surface area (Å²) in [6, 6.07) is 0.232. The summed E-state index contributed by atoms with van der Waals surface area (Å²) in [5, 5.41) is 6.20. The van der Waals surface area contributed by atoms with Crippen LogP contribution in [0, 0.1) is 11.8 Å². The first kappa shape index (κ1) is 9.93. The van der Waals surface area contributed by atoms with Crippen molar-refractivity contribution in [2.24, 2.45) is 11.8 Å². The molecule has 2 saturated heterocycles. The summed E-state index contributed by atoms with van der Waals surface area (Å²) in [7, 11) is 0. The van der Waals surface area contributed by atoms with Crippen LogP contribution in [0.25, 0.3) is 0 Å². The van der Waals surface area contributed by atoms with E-state index in [-0.39, 0.29) is 11.9 Å². The first-order valence-electron chi connectivity index (χ1n) is 5.33.